The molecule has 14 heteroatoms. The van der Waals surface area contributed by atoms with E-state index in [-0.39, 0.29) is 31.3 Å². The first-order chi connectivity index (χ1) is 18.2. The molecule has 0 heterocycles. The number of benzene rings is 3. The van der Waals surface area contributed by atoms with Crippen LogP contribution in [0.5, 0.6) is 0 Å². The molecule has 3 amide bonds. The van der Waals surface area contributed by atoms with Gasteiger partial charge in [-0.15, -0.1) is 23.2 Å². The molecule has 0 bridgehead atoms. The van der Waals surface area contributed by atoms with Gasteiger partial charge in [0.25, 0.3) is 5.91 Å². The Balaban J connectivity index is 1.53. The predicted molar refractivity (Wildman–Crippen MR) is 151 cm³/mol. The van der Waals surface area contributed by atoms with Crippen LogP contribution in [0, 0.1) is 17.6 Å². The summed E-state index contributed by atoms with van der Waals surface area (Å²) < 4.78 is 27.2. The molecule has 1 aliphatic carbocycles. The number of hydrogen-bond acceptors (Lipinski definition) is 3. The number of amides is 3. The fourth-order valence-corrected chi connectivity index (χ4v) is 5.59. The molecule has 1 aliphatic rings. The summed E-state index contributed by atoms with van der Waals surface area (Å²) in [6.45, 7) is 1.08. The normalized spacial score (nSPS) is 17.4. The zero-order valence-corrected chi connectivity index (χ0v) is 24.0. The molecule has 0 aromatic heterocycles. The van der Waals surface area contributed by atoms with Gasteiger partial charge in [-0.1, -0.05) is 46.4 Å². The number of halogens is 8. The number of nitrogens with one attached hydrogen (secondary N) is 3. The molecule has 0 spiro atoms. The zero-order chi connectivity index (χ0) is 28.8. The second-order valence-electron chi connectivity index (χ2n) is 8.53. The maximum Gasteiger partial charge on any atom is 0.257 e. The maximum absolute atomic E-state index is 14.7. The van der Waals surface area contributed by atoms with Crippen LogP contribution in [-0.2, 0) is 9.59 Å². The van der Waals surface area contributed by atoms with E-state index in [0.29, 0.717) is 5.56 Å². The predicted octanol–water partition coefficient (Wildman–Crippen LogP) is 8.32. The first-order valence-corrected chi connectivity index (χ1v) is 13.2. The standard InChI is InChI=1S/C25H15Cl6F2N3O3/c1-9(37)34-22-16(32)4-5-17(21(22)33)36-23(38)12-8-11(2-3-13(12)26)35-24(39)19-18(25(19,30)31)10-6-14(27)20(29)15(28)7-10/h2-8,18-19H,1H3,(H,34,37)(H,35,39)(H,36,38)/t18-,19?/m0/s1. The van der Waals surface area contributed by atoms with Crippen molar-refractivity contribution < 1.29 is 23.2 Å². The van der Waals surface area contributed by atoms with Gasteiger partial charge >= 0.3 is 0 Å². The Hall–Kier alpha value is -2.33. The van der Waals surface area contributed by atoms with Gasteiger partial charge in [-0.2, -0.15) is 0 Å². The zero-order valence-electron chi connectivity index (χ0n) is 19.4. The van der Waals surface area contributed by atoms with Gasteiger partial charge in [0.2, 0.25) is 11.8 Å². The highest BCUT2D eigenvalue weighted by Gasteiger charge is 2.67. The molecule has 3 N–H and O–H groups in total. The van der Waals surface area contributed by atoms with Gasteiger partial charge in [0.05, 0.1) is 37.3 Å². The molecule has 0 radical (unpaired) electrons. The fraction of sp³-hybridized carbons (Fsp3) is 0.160. The minimum absolute atomic E-state index is 0.0196. The molecule has 1 fully saturated rings. The highest BCUT2D eigenvalue weighted by molar-refractivity contribution is 6.54. The van der Waals surface area contributed by atoms with E-state index in [4.69, 9.17) is 69.6 Å². The number of hydrogen-bond donors (Lipinski definition) is 3. The monoisotopic (exact) mass is 653 g/mol. The summed E-state index contributed by atoms with van der Waals surface area (Å²) in [5, 5.41) is 7.40. The van der Waals surface area contributed by atoms with E-state index in [1.807, 2.05) is 5.32 Å². The van der Waals surface area contributed by atoms with Crippen LogP contribution in [0.3, 0.4) is 0 Å². The number of rotatable bonds is 6. The smallest absolute Gasteiger partial charge is 0.257 e. The minimum atomic E-state index is -1.47. The molecule has 3 aromatic carbocycles. The van der Waals surface area contributed by atoms with Crippen molar-refractivity contribution in [3.63, 3.8) is 0 Å². The molecule has 0 aliphatic heterocycles. The molecule has 4 rings (SSSR count). The van der Waals surface area contributed by atoms with Gasteiger partial charge in [0, 0.05) is 18.5 Å². The Morgan fingerprint density at radius 1 is 0.846 bits per heavy atom. The van der Waals surface area contributed by atoms with Crippen LogP contribution in [0.25, 0.3) is 0 Å². The van der Waals surface area contributed by atoms with E-state index in [0.717, 1.165) is 19.1 Å². The van der Waals surface area contributed by atoms with Gasteiger partial charge in [-0.3, -0.25) is 14.4 Å². The van der Waals surface area contributed by atoms with E-state index in [9.17, 15) is 23.2 Å². The van der Waals surface area contributed by atoms with E-state index >= 15 is 0 Å². The molecule has 6 nitrogen and oxygen atoms in total. The Bertz CT molecular complexity index is 1510. The van der Waals surface area contributed by atoms with Gasteiger partial charge in [0.1, 0.15) is 15.8 Å². The van der Waals surface area contributed by atoms with E-state index in [1.165, 1.54) is 30.3 Å². The minimum Gasteiger partial charge on any atom is -0.326 e. The lowest BCUT2D eigenvalue weighted by Crippen LogP contribution is -2.19. The molecule has 3 aromatic rings. The number of carbonyl (C=O) groups is 3. The van der Waals surface area contributed by atoms with Crippen LogP contribution >= 0.6 is 69.6 Å². The van der Waals surface area contributed by atoms with Crippen molar-refractivity contribution in [2.24, 2.45) is 5.92 Å². The molecular formula is C25H15Cl6F2N3O3. The fourth-order valence-electron chi connectivity index (χ4n) is 3.95. The van der Waals surface area contributed by atoms with Crippen molar-refractivity contribution in [3.05, 3.63) is 85.3 Å². The largest absolute Gasteiger partial charge is 0.326 e. The summed E-state index contributed by atoms with van der Waals surface area (Å²) in [7, 11) is 0. The van der Waals surface area contributed by atoms with Gasteiger partial charge in [-0.25, -0.2) is 8.78 Å². The maximum atomic E-state index is 14.7. The molecule has 0 saturated heterocycles. The lowest BCUT2D eigenvalue weighted by molar-refractivity contribution is -0.117. The summed E-state index contributed by atoms with van der Waals surface area (Å²) >= 11 is 37.1. The van der Waals surface area contributed by atoms with Gasteiger partial charge in [-0.05, 0) is 48.0 Å². The Morgan fingerprint density at radius 3 is 2.10 bits per heavy atom. The van der Waals surface area contributed by atoms with Crippen molar-refractivity contribution in [3.8, 4) is 0 Å². The molecular weight excluding hydrogens is 641 g/mol. The molecule has 204 valence electrons. The quantitative estimate of drug-likeness (QED) is 0.184. The van der Waals surface area contributed by atoms with E-state index < -0.39 is 56.9 Å². The van der Waals surface area contributed by atoms with Crippen LogP contribution in [0.2, 0.25) is 20.1 Å². The number of carbonyl (C=O) groups excluding carboxylic acids is 3. The lowest BCUT2D eigenvalue weighted by atomic mass is 10.1. The average Bonchev–Trinajstić information content (AvgIpc) is 3.44. The Morgan fingerprint density at radius 2 is 1.49 bits per heavy atom. The van der Waals surface area contributed by atoms with Crippen LogP contribution < -0.4 is 16.0 Å². The van der Waals surface area contributed by atoms with Gasteiger partial charge < -0.3 is 16.0 Å². The molecule has 1 unspecified atom stereocenters. The highest BCUT2D eigenvalue weighted by atomic mass is 35.5. The Labute approximate surface area is 250 Å². The first-order valence-electron chi connectivity index (χ1n) is 10.9. The van der Waals surface area contributed by atoms with Crippen molar-refractivity contribution in [1.82, 2.24) is 0 Å². The molecule has 39 heavy (non-hydrogen) atoms. The summed E-state index contributed by atoms with van der Waals surface area (Å²) in [4.78, 5) is 37.2. The Kier molecular flexibility index (Phi) is 8.57. The van der Waals surface area contributed by atoms with Crippen molar-refractivity contribution in [1.29, 1.82) is 0 Å². The summed E-state index contributed by atoms with van der Waals surface area (Å²) in [5.41, 5.74) is -0.595. The lowest BCUT2D eigenvalue weighted by Gasteiger charge is -2.13. The second-order valence-corrected chi connectivity index (χ2v) is 11.6. The summed E-state index contributed by atoms with van der Waals surface area (Å²) in [5.74, 6) is -5.91. The number of anilines is 3. The summed E-state index contributed by atoms with van der Waals surface area (Å²) in [6, 6.07) is 8.92. The van der Waals surface area contributed by atoms with Crippen LogP contribution in [0.4, 0.5) is 25.8 Å². The van der Waals surface area contributed by atoms with Crippen LogP contribution in [0.1, 0.15) is 28.8 Å². The van der Waals surface area contributed by atoms with Crippen LogP contribution in [0.15, 0.2) is 42.5 Å². The number of alkyl halides is 2. The molecule has 1 saturated carbocycles. The van der Waals surface area contributed by atoms with Crippen molar-refractivity contribution >= 4 is 104 Å². The summed E-state index contributed by atoms with van der Waals surface area (Å²) in [6.07, 6.45) is 0. The molecule has 2 atom stereocenters. The van der Waals surface area contributed by atoms with E-state index in [1.54, 1.807) is 0 Å². The third kappa shape index (κ3) is 6.06. The SMILES string of the molecule is CC(=O)Nc1c(F)ccc(NC(=O)c2cc(NC(=O)C3[C@H](c4cc(Cl)c(Cl)c(Cl)c4)C3(Cl)Cl)ccc2Cl)c1F. The van der Waals surface area contributed by atoms with Crippen LogP contribution in [-0.4, -0.2) is 22.1 Å². The topological polar surface area (TPSA) is 87.3 Å². The van der Waals surface area contributed by atoms with Crippen molar-refractivity contribution in [2.45, 2.75) is 17.2 Å². The van der Waals surface area contributed by atoms with Crippen molar-refractivity contribution in [2.75, 3.05) is 16.0 Å². The first kappa shape index (κ1) is 29.6. The van der Waals surface area contributed by atoms with E-state index in [2.05, 4.69) is 10.6 Å². The third-order valence-electron chi connectivity index (χ3n) is 5.82. The highest BCUT2D eigenvalue weighted by Crippen LogP contribution is 2.65. The van der Waals surface area contributed by atoms with Gasteiger partial charge in [0.15, 0.2) is 5.82 Å². The second kappa shape index (κ2) is 11.3. The average molecular weight is 656 g/mol. The third-order valence-corrected chi connectivity index (χ3v) is 8.29.